The van der Waals surface area contributed by atoms with Crippen LogP contribution in [-0.4, -0.2) is 49.6 Å². The number of benzene rings is 1. The molecule has 0 unspecified atom stereocenters. The van der Waals surface area contributed by atoms with E-state index in [0.717, 1.165) is 4.31 Å². The lowest BCUT2D eigenvalue weighted by molar-refractivity contribution is -0.0613. The predicted octanol–water partition coefficient (Wildman–Crippen LogP) is 0.619. The summed E-state index contributed by atoms with van der Waals surface area (Å²) in [5.41, 5.74) is -0.963. The Balaban J connectivity index is 2.35. The maximum absolute atomic E-state index is 12.5. The summed E-state index contributed by atoms with van der Waals surface area (Å²) in [6.07, 6.45) is 0.484. The third-order valence-corrected chi connectivity index (χ3v) is 5.36. The van der Waals surface area contributed by atoms with E-state index in [1.54, 1.807) is 19.1 Å². The molecule has 1 saturated heterocycles. The number of carbonyl (C=O) groups is 1. The lowest BCUT2D eigenvalue weighted by Crippen LogP contribution is -2.62. The largest absolute Gasteiger partial charge is 0.465 e. The van der Waals surface area contributed by atoms with Gasteiger partial charge in [0.05, 0.1) is 23.2 Å². The van der Waals surface area contributed by atoms with Crippen LogP contribution < -0.4 is 0 Å². The first-order chi connectivity index (χ1) is 9.34. The quantitative estimate of drug-likeness (QED) is 0.824. The summed E-state index contributed by atoms with van der Waals surface area (Å²) in [4.78, 5) is 11.5. The minimum absolute atomic E-state index is 0.00179. The van der Waals surface area contributed by atoms with Crippen molar-refractivity contribution in [3.05, 3.63) is 29.8 Å². The average molecular weight is 299 g/mol. The second-order valence-corrected chi connectivity index (χ2v) is 6.75. The summed E-state index contributed by atoms with van der Waals surface area (Å²) in [6, 6.07) is 5.89. The highest BCUT2D eigenvalue weighted by Gasteiger charge is 2.46. The first-order valence-corrected chi connectivity index (χ1v) is 7.68. The van der Waals surface area contributed by atoms with E-state index in [0.29, 0.717) is 6.42 Å². The second-order valence-electron chi connectivity index (χ2n) is 4.84. The zero-order valence-corrected chi connectivity index (χ0v) is 12.2. The molecule has 1 aromatic rings. The summed E-state index contributed by atoms with van der Waals surface area (Å²) in [5, 5.41) is 9.93. The van der Waals surface area contributed by atoms with Crippen molar-refractivity contribution in [2.24, 2.45) is 0 Å². The molecule has 1 N–H and O–H groups in total. The number of ether oxygens (including phenoxy) is 1. The topological polar surface area (TPSA) is 83.9 Å². The van der Waals surface area contributed by atoms with Crippen molar-refractivity contribution in [3.63, 3.8) is 0 Å². The highest BCUT2D eigenvalue weighted by atomic mass is 32.2. The fourth-order valence-electron chi connectivity index (χ4n) is 2.11. The van der Waals surface area contributed by atoms with Crippen LogP contribution in [-0.2, 0) is 14.8 Å². The fourth-order valence-corrected chi connectivity index (χ4v) is 3.89. The lowest BCUT2D eigenvalue weighted by atomic mass is 9.94. The zero-order valence-electron chi connectivity index (χ0n) is 11.4. The normalized spacial score (nSPS) is 18.4. The van der Waals surface area contributed by atoms with Gasteiger partial charge in [0.15, 0.2) is 0 Å². The molecule has 0 aromatic heterocycles. The molecule has 20 heavy (non-hydrogen) atoms. The molecule has 110 valence electrons. The zero-order chi connectivity index (χ0) is 15.0. The Morgan fingerprint density at radius 1 is 1.40 bits per heavy atom. The molecule has 1 fully saturated rings. The molecule has 1 aromatic carbocycles. The molecule has 0 spiro atoms. The van der Waals surface area contributed by atoms with Crippen molar-refractivity contribution in [2.75, 3.05) is 20.2 Å². The highest BCUT2D eigenvalue weighted by Crippen LogP contribution is 2.31. The summed E-state index contributed by atoms with van der Waals surface area (Å²) in [7, 11) is -2.60. The van der Waals surface area contributed by atoms with E-state index in [-0.39, 0.29) is 23.5 Å². The van der Waals surface area contributed by atoms with Crippen LogP contribution in [0.4, 0.5) is 0 Å². The van der Waals surface area contributed by atoms with Gasteiger partial charge in [0, 0.05) is 13.1 Å². The molecule has 0 amide bonds. The van der Waals surface area contributed by atoms with Gasteiger partial charge in [-0.2, -0.15) is 4.31 Å². The minimum Gasteiger partial charge on any atom is -0.465 e. The van der Waals surface area contributed by atoms with Crippen LogP contribution >= 0.6 is 0 Å². The Morgan fingerprint density at radius 3 is 2.55 bits per heavy atom. The Morgan fingerprint density at radius 2 is 2.00 bits per heavy atom. The van der Waals surface area contributed by atoms with E-state index < -0.39 is 21.6 Å². The van der Waals surface area contributed by atoms with Crippen LogP contribution in [0, 0.1) is 0 Å². The van der Waals surface area contributed by atoms with E-state index in [1.165, 1.54) is 19.2 Å². The van der Waals surface area contributed by atoms with Crippen molar-refractivity contribution in [3.8, 4) is 0 Å². The van der Waals surface area contributed by atoms with Crippen molar-refractivity contribution < 1.29 is 23.1 Å². The van der Waals surface area contributed by atoms with Gasteiger partial charge in [-0.3, -0.25) is 0 Å². The van der Waals surface area contributed by atoms with Gasteiger partial charge < -0.3 is 9.84 Å². The van der Waals surface area contributed by atoms with Gasteiger partial charge in [-0.1, -0.05) is 19.1 Å². The van der Waals surface area contributed by atoms with E-state index in [2.05, 4.69) is 4.74 Å². The number of sulfonamides is 1. The van der Waals surface area contributed by atoms with Crippen LogP contribution in [0.25, 0.3) is 0 Å². The smallest absolute Gasteiger partial charge is 0.339 e. The molecule has 0 saturated carbocycles. The third-order valence-electron chi connectivity index (χ3n) is 3.51. The molecule has 1 aliphatic rings. The minimum atomic E-state index is -3.80. The predicted molar refractivity (Wildman–Crippen MR) is 71.8 cm³/mol. The summed E-state index contributed by atoms with van der Waals surface area (Å²) < 4.78 is 30.7. The summed E-state index contributed by atoms with van der Waals surface area (Å²) in [5.74, 6) is -0.699. The van der Waals surface area contributed by atoms with Crippen molar-refractivity contribution in [2.45, 2.75) is 23.8 Å². The summed E-state index contributed by atoms with van der Waals surface area (Å²) in [6.45, 7) is 1.88. The Hall–Kier alpha value is -1.44. The summed E-state index contributed by atoms with van der Waals surface area (Å²) >= 11 is 0. The molecular formula is C13H17NO5S. The number of rotatable bonds is 4. The Labute approximate surface area is 118 Å². The van der Waals surface area contributed by atoms with Crippen LogP contribution in [0.3, 0.4) is 0 Å². The van der Waals surface area contributed by atoms with Crippen LogP contribution in [0.15, 0.2) is 29.2 Å². The molecule has 0 bridgehead atoms. The van der Waals surface area contributed by atoms with Gasteiger partial charge in [0.2, 0.25) is 10.0 Å². The Kier molecular flexibility index (Phi) is 3.86. The third kappa shape index (κ3) is 2.44. The van der Waals surface area contributed by atoms with E-state index in [9.17, 15) is 18.3 Å². The Bertz CT molecular complexity index is 619. The van der Waals surface area contributed by atoms with Crippen LogP contribution in [0.1, 0.15) is 23.7 Å². The average Bonchev–Trinajstić information content (AvgIpc) is 2.42. The molecule has 0 radical (unpaired) electrons. The first kappa shape index (κ1) is 15.0. The van der Waals surface area contributed by atoms with Crippen molar-refractivity contribution in [1.82, 2.24) is 4.31 Å². The van der Waals surface area contributed by atoms with Crippen LogP contribution in [0.2, 0.25) is 0 Å². The van der Waals surface area contributed by atoms with E-state index >= 15 is 0 Å². The standard InChI is InChI=1S/C13H17NO5S/c1-3-13(16)8-14(9-13)20(17,18)11-7-5-4-6-10(11)12(15)19-2/h4-7,16H,3,8-9H2,1-2H3. The number of hydrogen-bond donors (Lipinski definition) is 1. The van der Waals surface area contributed by atoms with Crippen molar-refractivity contribution >= 4 is 16.0 Å². The van der Waals surface area contributed by atoms with E-state index in [4.69, 9.17) is 0 Å². The number of aliphatic hydroxyl groups is 1. The van der Waals surface area contributed by atoms with Gasteiger partial charge in [0.25, 0.3) is 0 Å². The fraction of sp³-hybridized carbons (Fsp3) is 0.462. The lowest BCUT2D eigenvalue weighted by Gasteiger charge is -2.44. The number of esters is 1. The van der Waals surface area contributed by atoms with Gasteiger partial charge in [-0.05, 0) is 18.6 Å². The van der Waals surface area contributed by atoms with Gasteiger partial charge >= 0.3 is 5.97 Å². The molecular weight excluding hydrogens is 282 g/mol. The number of methoxy groups -OCH3 is 1. The number of hydrogen-bond acceptors (Lipinski definition) is 5. The van der Waals surface area contributed by atoms with Gasteiger partial charge in [-0.25, -0.2) is 13.2 Å². The molecule has 6 nitrogen and oxygen atoms in total. The first-order valence-electron chi connectivity index (χ1n) is 6.24. The van der Waals surface area contributed by atoms with Gasteiger partial charge in [0.1, 0.15) is 0 Å². The molecule has 7 heteroatoms. The SMILES string of the molecule is CCC1(O)CN(S(=O)(=O)c2ccccc2C(=O)OC)C1. The number of nitrogens with zero attached hydrogens (tertiary/aromatic N) is 1. The number of carbonyl (C=O) groups excluding carboxylic acids is 1. The molecule has 0 atom stereocenters. The molecule has 1 heterocycles. The maximum atomic E-state index is 12.5. The second kappa shape index (κ2) is 5.16. The highest BCUT2D eigenvalue weighted by molar-refractivity contribution is 7.89. The maximum Gasteiger partial charge on any atom is 0.339 e. The van der Waals surface area contributed by atoms with Crippen molar-refractivity contribution in [1.29, 1.82) is 0 Å². The van der Waals surface area contributed by atoms with Crippen LogP contribution in [0.5, 0.6) is 0 Å². The number of β-amino-alcohol motifs (C(OH)–C–C–N with tert-alkyl or cyclic N) is 1. The van der Waals surface area contributed by atoms with E-state index in [1.807, 2.05) is 0 Å². The molecule has 2 rings (SSSR count). The molecule has 0 aliphatic carbocycles. The monoisotopic (exact) mass is 299 g/mol. The molecule has 1 aliphatic heterocycles. The van der Waals surface area contributed by atoms with Gasteiger partial charge in [-0.15, -0.1) is 0 Å².